The standard InChI is InChI=1S/C14H15N3O3/c18-13(17-7-3-4-9(8-17)14(19)20)12-15-10-5-1-2-6-11(10)16-12/h1-2,5-6,9H,3-4,7-8H2,(H,15,16)(H,19,20). The highest BCUT2D eigenvalue weighted by molar-refractivity contribution is 5.94. The number of aliphatic carboxylic acids is 1. The van der Waals surface area contributed by atoms with Gasteiger partial charge in [0.25, 0.3) is 5.91 Å². The molecule has 0 bridgehead atoms. The smallest absolute Gasteiger partial charge is 0.308 e. The van der Waals surface area contributed by atoms with E-state index in [4.69, 9.17) is 5.11 Å². The van der Waals surface area contributed by atoms with Gasteiger partial charge in [-0.2, -0.15) is 0 Å². The molecule has 20 heavy (non-hydrogen) atoms. The van der Waals surface area contributed by atoms with Gasteiger partial charge in [0.15, 0.2) is 5.82 Å². The number of para-hydroxylation sites is 2. The van der Waals surface area contributed by atoms with Crippen molar-refractivity contribution in [3.05, 3.63) is 30.1 Å². The number of imidazole rings is 1. The van der Waals surface area contributed by atoms with Crippen molar-refractivity contribution in [1.29, 1.82) is 0 Å². The van der Waals surface area contributed by atoms with Crippen molar-refractivity contribution < 1.29 is 14.7 Å². The Morgan fingerprint density at radius 3 is 2.90 bits per heavy atom. The molecular formula is C14H15N3O3. The number of piperidine rings is 1. The van der Waals surface area contributed by atoms with Gasteiger partial charge in [0, 0.05) is 13.1 Å². The van der Waals surface area contributed by atoms with Gasteiger partial charge in [0.05, 0.1) is 17.0 Å². The number of aromatic nitrogens is 2. The molecular weight excluding hydrogens is 258 g/mol. The lowest BCUT2D eigenvalue weighted by Crippen LogP contribution is -2.42. The summed E-state index contributed by atoms with van der Waals surface area (Å²) in [4.78, 5) is 32.2. The van der Waals surface area contributed by atoms with E-state index < -0.39 is 11.9 Å². The van der Waals surface area contributed by atoms with Crippen LogP contribution in [0.25, 0.3) is 11.0 Å². The quantitative estimate of drug-likeness (QED) is 0.868. The van der Waals surface area contributed by atoms with Crippen LogP contribution in [0.15, 0.2) is 24.3 Å². The Bertz CT molecular complexity index is 631. The molecule has 6 heteroatoms. The third-order valence-electron chi connectivity index (χ3n) is 3.65. The maximum atomic E-state index is 12.4. The van der Waals surface area contributed by atoms with Crippen LogP contribution in [0.4, 0.5) is 0 Å². The molecule has 1 amide bonds. The molecule has 6 nitrogen and oxygen atoms in total. The Morgan fingerprint density at radius 1 is 1.35 bits per heavy atom. The van der Waals surface area contributed by atoms with E-state index in [1.165, 1.54) is 0 Å². The first kappa shape index (κ1) is 12.7. The zero-order valence-corrected chi connectivity index (χ0v) is 10.9. The summed E-state index contributed by atoms with van der Waals surface area (Å²) in [6.07, 6.45) is 1.34. The number of carbonyl (C=O) groups is 2. The average molecular weight is 273 g/mol. The van der Waals surface area contributed by atoms with Crippen LogP contribution in [-0.4, -0.2) is 44.9 Å². The zero-order chi connectivity index (χ0) is 14.1. The van der Waals surface area contributed by atoms with Crippen LogP contribution in [0, 0.1) is 5.92 Å². The summed E-state index contributed by atoms with van der Waals surface area (Å²) in [5.41, 5.74) is 1.55. The van der Waals surface area contributed by atoms with Crippen LogP contribution in [0.5, 0.6) is 0 Å². The third kappa shape index (κ3) is 2.24. The second kappa shape index (κ2) is 4.96. The highest BCUT2D eigenvalue weighted by Gasteiger charge is 2.29. The molecule has 2 aromatic rings. The summed E-state index contributed by atoms with van der Waals surface area (Å²) >= 11 is 0. The Balaban J connectivity index is 1.82. The molecule has 3 rings (SSSR count). The van der Waals surface area contributed by atoms with Gasteiger partial charge in [-0.15, -0.1) is 0 Å². The molecule has 0 radical (unpaired) electrons. The van der Waals surface area contributed by atoms with Gasteiger partial charge in [-0.25, -0.2) is 4.98 Å². The minimum absolute atomic E-state index is 0.229. The lowest BCUT2D eigenvalue weighted by atomic mass is 9.98. The summed E-state index contributed by atoms with van der Waals surface area (Å²) in [6.45, 7) is 0.838. The van der Waals surface area contributed by atoms with E-state index in [0.29, 0.717) is 19.4 Å². The fourth-order valence-corrected chi connectivity index (χ4v) is 2.57. The second-order valence-corrected chi connectivity index (χ2v) is 5.03. The normalized spacial score (nSPS) is 19.2. The van der Waals surface area contributed by atoms with Gasteiger partial charge in [-0.3, -0.25) is 9.59 Å². The molecule has 0 aliphatic carbocycles. The van der Waals surface area contributed by atoms with Crippen LogP contribution in [-0.2, 0) is 4.79 Å². The van der Waals surface area contributed by atoms with Crippen molar-refractivity contribution in [2.24, 2.45) is 5.92 Å². The minimum atomic E-state index is -0.841. The predicted molar refractivity (Wildman–Crippen MR) is 72.4 cm³/mol. The van der Waals surface area contributed by atoms with Crippen molar-refractivity contribution >= 4 is 22.9 Å². The van der Waals surface area contributed by atoms with E-state index >= 15 is 0 Å². The van der Waals surface area contributed by atoms with Gasteiger partial charge in [0.2, 0.25) is 0 Å². The molecule has 2 N–H and O–H groups in total. The molecule has 1 aliphatic heterocycles. The van der Waals surface area contributed by atoms with Crippen molar-refractivity contribution in [3.63, 3.8) is 0 Å². The number of benzene rings is 1. The van der Waals surface area contributed by atoms with Gasteiger partial charge in [-0.1, -0.05) is 12.1 Å². The van der Waals surface area contributed by atoms with Crippen LogP contribution in [0.3, 0.4) is 0 Å². The molecule has 1 saturated heterocycles. The van der Waals surface area contributed by atoms with E-state index in [9.17, 15) is 9.59 Å². The maximum absolute atomic E-state index is 12.4. The van der Waals surface area contributed by atoms with E-state index in [1.807, 2.05) is 24.3 Å². The molecule has 1 aliphatic rings. The van der Waals surface area contributed by atoms with Crippen LogP contribution >= 0.6 is 0 Å². The lowest BCUT2D eigenvalue weighted by molar-refractivity contribution is -0.143. The number of hydrogen-bond acceptors (Lipinski definition) is 3. The maximum Gasteiger partial charge on any atom is 0.308 e. The molecule has 2 heterocycles. The Labute approximate surface area is 115 Å². The van der Waals surface area contributed by atoms with Crippen LogP contribution in [0.1, 0.15) is 23.5 Å². The first-order chi connectivity index (χ1) is 9.65. The third-order valence-corrected chi connectivity index (χ3v) is 3.65. The zero-order valence-electron chi connectivity index (χ0n) is 10.9. The number of nitrogens with one attached hydrogen (secondary N) is 1. The summed E-state index contributed by atoms with van der Waals surface area (Å²) in [5.74, 6) is -1.27. The van der Waals surface area contributed by atoms with Gasteiger partial charge in [0.1, 0.15) is 0 Å². The molecule has 1 unspecified atom stereocenters. The summed E-state index contributed by atoms with van der Waals surface area (Å²) in [6, 6.07) is 7.42. The lowest BCUT2D eigenvalue weighted by Gasteiger charge is -2.29. The van der Waals surface area contributed by atoms with Crippen LogP contribution in [0.2, 0.25) is 0 Å². The average Bonchev–Trinajstić information content (AvgIpc) is 2.90. The SMILES string of the molecule is O=C(O)C1CCCN(C(=O)c2nc3ccccc3[nH]2)C1. The fourth-order valence-electron chi connectivity index (χ4n) is 2.57. The van der Waals surface area contributed by atoms with E-state index in [1.54, 1.807) is 4.90 Å². The number of fused-ring (bicyclic) bond motifs is 1. The second-order valence-electron chi connectivity index (χ2n) is 5.03. The number of carboxylic acids is 1. The Kier molecular flexibility index (Phi) is 3.14. The number of H-pyrrole nitrogens is 1. The molecule has 1 fully saturated rings. The van der Waals surface area contributed by atoms with Crippen molar-refractivity contribution in [2.45, 2.75) is 12.8 Å². The summed E-state index contributed by atoms with van der Waals surface area (Å²) in [7, 11) is 0. The molecule has 104 valence electrons. The summed E-state index contributed by atoms with van der Waals surface area (Å²) in [5, 5.41) is 9.06. The largest absolute Gasteiger partial charge is 0.481 e. The van der Waals surface area contributed by atoms with E-state index in [-0.39, 0.29) is 18.3 Å². The Morgan fingerprint density at radius 2 is 2.15 bits per heavy atom. The van der Waals surface area contributed by atoms with Gasteiger partial charge >= 0.3 is 5.97 Å². The highest BCUT2D eigenvalue weighted by atomic mass is 16.4. The predicted octanol–water partition coefficient (Wildman–Crippen LogP) is 1.50. The fraction of sp³-hybridized carbons (Fsp3) is 0.357. The van der Waals surface area contributed by atoms with E-state index in [2.05, 4.69) is 9.97 Å². The molecule has 1 aromatic carbocycles. The van der Waals surface area contributed by atoms with Crippen molar-refractivity contribution in [2.75, 3.05) is 13.1 Å². The number of carboxylic acid groups (broad SMARTS) is 1. The van der Waals surface area contributed by atoms with Gasteiger partial charge in [-0.05, 0) is 25.0 Å². The minimum Gasteiger partial charge on any atom is -0.481 e. The van der Waals surface area contributed by atoms with Crippen molar-refractivity contribution in [3.8, 4) is 0 Å². The summed E-state index contributed by atoms with van der Waals surface area (Å²) < 4.78 is 0. The van der Waals surface area contributed by atoms with Crippen molar-refractivity contribution in [1.82, 2.24) is 14.9 Å². The highest BCUT2D eigenvalue weighted by Crippen LogP contribution is 2.19. The monoisotopic (exact) mass is 273 g/mol. The number of aromatic amines is 1. The van der Waals surface area contributed by atoms with E-state index in [0.717, 1.165) is 11.0 Å². The number of carbonyl (C=O) groups excluding carboxylic acids is 1. The number of likely N-dealkylation sites (tertiary alicyclic amines) is 1. The molecule has 1 aromatic heterocycles. The van der Waals surface area contributed by atoms with Crippen LogP contribution < -0.4 is 0 Å². The first-order valence-electron chi connectivity index (χ1n) is 6.62. The number of amides is 1. The first-order valence-corrected chi connectivity index (χ1v) is 6.62. The van der Waals surface area contributed by atoms with Gasteiger partial charge < -0.3 is 15.0 Å². The number of nitrogens with zero attached hydrogens (tertiary/aromatic N) is 2. The molecule has 1 atom stereocenters. The molecule has 0 saturated carbocycles. The molecule has 0 spiro atoms. The Hall–Kier alpha value is -2.37. The topological polar surface area (TPSA) is 86.3 Å². The number of rotatable bonds is 2. The number of hydrogen-bond donors (Lipinski definition) is 2.